The molecule has 0 amide bonds. The highest BCUT2D eigenvalue weighted by Gasteiger charge is 2.30. The van der Waals surface area contributed by atoms with E-state index in [0.29, 0.717) is 28.0 Å². The molecule has 3 atom stereocenters. The number of esters is 1. The Balaban J connectivity index is 2.17. The van der Waals surface area contributed by atoms with Crippen LogP contribution in [0.1, 0.15) is 26.7 Å². The SMILES string of the molecule is COC(=O)Cn1ncc(NC2CCC(C)C2C)c(Br)c1=O. The molecule has 1 aromatic heterocycles. The van der Waals surface area contributed by atoms with Crippen molar-refractivity contribution in [3.63, 3.8) is 0 Å². The zero-order chi connectivity index (χ0) is 15.6. The second-order valence-corrected chi connectivity index (χ2v) is 6.37. The van der Waals surface area contributed by atoms with Crippen molar-refractivity contribution >= 4 is 27.6 Å². The number of hydrogen-bond donors (Lipinski definition) is 1. The molecule has 3 unspecified atom stereocenters. The van der Waals surface area contributed by atoms with Gasteiger partial charge in [0.25, 0.3) is 5.56 Å². The fourth-order valence-corrected chi connectivity index (χ4v) is 3.05. The third kappa shape index (κ3) is 3.45. The van der Waals surface area contributed by atoms with Gasteiger partial charge in [-0.05, 0) is 40.6 Å². The first-order chi connectivity index (χ1) is 9.93. The number of nitrogens with zero attached hydrogens (tertiary/aromatic N) is 2. The van der Waals surface area contributed by atoms with Gasteiger partial charge >= 0.3 is 5.97 Å². The topological polar surface area (TPSA) is 73.2 Å². The summed E-state index contributed by atoms with van der Waals surface area (Å²) >= 11 is 3.30. The summed E-state index contributed by atoms with van der Waals surface area (Å²) < 4.78 is 6.02. The van der Waals surface area contributed by atoms with Crippen LogP contribution in [0, 0.1) is 11.8 Å². The molecule has 6 nitrogen and oxygen atoms in total. The number of aromatic nitrogens is 2. The predicted molar refractivity (Wildman–Crippen MR) is 83.2 cm³/mol. The van der Waals surface area contributed by atoms with Gasteiger partial charge in [-0.2, -0.15) is 5.10 Å². The highest BCUT2D eigenvalue weighted by Crippen LogP contribution is 2.34. The second kappa shape index (κ2) is 6.60. The van der Waals surface area contributed by atoms with Gasteiger partial charge in [-0.15, -0.1) is 0 Å². The maximum Gasteiger partial charge on any atom is 0.327 e. The van der Waals surface area contributed by atoms with Crippen molar-refractivity contribution in [2.24, 2.45) is 11.8 Å². The first kappa shape index (κ1) is 16.0. The second-order valence-electron chi connectivity index (χ2n) is 5.58. The van der Waals surface area contributed by atoms with Crippen molar-refractivity contribution in [1.29, 1.82) is 0 Å². The first-order valence-electron chi connectivity index (χ1n) is 7.03. The normalized spacial score (nSPS) is 24.9. The van der Waals surface area contributed by atoms with Crippen molar-refractivity contribution in [2.45, 2.75) is 39.3 Å². The molecule has 2 rings (SSSR count). The molecule has 1 heterocycles. The maximum absolute atomic E-state index is 12.2. The lowest BCUT2D eigenvalue weighted by atomic mass is 9.98. The minimum absolute atomic E-state index is 0.189. The average Bonchev–Trinajstić information content (AvgIpc) is 2.78. The number of halogens is 1. The summed E-state index contributed by atoms with van der Waals surface area (Å²) in [5.41, 5.74) is 0.330. The Morgan fingerprint density at radius 3 is 2.81 bits per heavy atom. The van der Waals surface area contributed by atoms with E-state index < -0.39 is 5.97 Å². The standard InChI is InChI=1S/C14H20BrN3O3/c1-8-4-5-10(9(8)2)17-11-6-16-18(7-12(19)21-3)14(20)13(11)15/h6,8-10,17H,4-5,7H2,1-3H3. The van der Waals surface area contributed by atoms with Gasteiger partial charge < -0.3 is 10.1 Å². The molecule has 1 saturated carbocycles. The van der Waals surface area contributed by atoms with Gasteiger partial charge in [-0.25, -0.2) is 4.68 Å². The predicted octanol–water partition coefficient (Wildman–Crippen LogP) is 2.03. The number of carbonyl (C=O) groups is 1. The van der Waals surface area contributed by atoms with E-state index in [2.05, 4.69) is 44.9 Å². The van der Waals surface area contributed by atoms with Crippen LogP contribution in [0.15, 0.2) is 15.5 Å². The number of ether oxygens (including phenoxy) is 1. The van der Waals surface area contributed by atoms with E-state index >= 15 is 0 Å². The molecule has 21 heavy (non-hydrogen) atoms. The van der Waals surface area contributed by atoms with E-state index in [4.69, 9.17) is 0 Å². The third-order valence-corrected chi connectivity index (χ3v) is 5.06. The van der Waals surface area contributed by atoms with Crippen LogP contribution in [-0.4, -0.2) is 28.9 Å². The van der Waals surface area contributed by atoms with Crippen molar-refractivity contribution in [2.75, 3.05) is 12.4 Å². The number of carbonyl (C=O) groups excluding carboxylic acids is 1. The monoisotopic (exact) mass is 357 g/mol. The van der Waals surface area contributed by atoms with Crippen LogP contribution in [-0.2, 0) is 16.1 Å². The lowest BCUT2D eigenvalue weighted by Gasteiger charge is -2.21. The zero-order valence-electron chi connectivity index (χ0n) is 12.4. The summed E-state index contributed by atoms with van der Waals surface area (Å²) in [4.78, 5) is 23.4. The summed E-state index contributed by atoms with van der Waals surface area (Å²) in [6, 6.07) is 0.342. The molecule has 1 aliphatic rings. The zero-order valence-corrected chi connectivity index (χ0v) is 14.0. The van der Waals surface area contributed by atoms with E-state index in [9.17, 15) is 9.59 Å². The summed E-state index contributed by atoms with van der Waals surface area (Å²) in [7, 11) is 1.28. The fraction of sp³-hybridized carbons (Fsp3) is 0.643. The molecule has 1 aliphatic carbocycles. The number of anilines is 1. The van der Waals surface area contributed by atoms with Gasteiger partial charge in [0, 0.05) is 6.04 Å². The van der Waals surface area contributed by atoms with Crippen LogP contribution in [0.4, 0.5) is 5.69 Å². The molecule has 116 valence electrons. The summed E-state index contributed by atoms with van der Waals surface area (Å²) in [6.07, 6.45) is 3.84. The highest BCUT2D eigenvalue weighted by molar-refractivity contribution is 9.10. The molecule has 1 aromatic rings. The molecule has 7 heteroatoms. The third-order valence-electron chi connectivity index (χ3n) is 4.30. The van der Waals surface area contributed by atoms with Gasteiger partial charge in [0.1, 0.15) is 11.0 Å². The van der Waals surface area contributed by atoms with Crippen molar-refractivity contribution in [1.82, 2.24) is 9.78 Å². The number of methoxy groups -OCH3 is 1. The highest BCUT2D eigenvalue weighted by atomic mass is 79.9. The summed E-state index contributed by atoms with van der Waals surface area (Å²) in [5, 5.41) is 7.41. The maximum atomic E-state index is 12.2. The Kier molecular flexibility index (Phi) is 5.03. The van der Waals surface area contributed by atoms with Crippen LogP contribution < -0.4 is 10.9 Å². The first-order valence-corrected chi connectivity index (χ1v) is 7.82. The van der Waals surface area contributed by atoms with Crippen LogP contribution in [0.2, 0.25) is 0 Å². The number of nitrogens with one attached hydrogen (secondary N) is 1. The fourth-order valence-electron chi connectivity index (χ4n) is 2.63. The largest absolute Gasteiger partial charge is 0.468 e. The Morgan fingerprint density at radius 2 is 2.24 bits per heavy atom. The van der Waals surface area contributed by atoms with Gasteiger partial charge in [0.15, 0.2) is 0 Å². The molecule has 1 fully saturated rings. The van der Waals surface area contributed by atoms with Crippen molar-refractivity contribution in [3.8, 4) is 0 Å². The van der Waals surface area contributed by atoms with E-state index in [-0.39, 0.29) is 12.1 Å². The molecule has 0 aliphatic heterocycles. The van der Waals surface area contributed by atoms with E-state index in [1.54, 1.807) is 6.20 Å². The molecular formula is C14H20BrN3O3. The quantitative estimate of drug-likeness (QED) is 0.834. The number of rotatable bonds is 4. The summed E-state index contributed by atoms with van der Waals surface area (Å²) in [5.74, 6) is 0.721. The minimum Gasteiger partial charge on any atom is -0.468 e. The Morgan fingerprint density at radius 1 is 1.52 bits per heavy atom. The van der Waals surface area contributed by atoms with Crippen LogP contribution in [0.5, 0.6) is 0 Å². The molecule has 0 radical (unpaired) electrons. The van der Waals surface area contributed by atoms with Crippen molar-refractivity contribution < 1.29 is 9.53 Å². The van der Waals surface area contributed by atoms with E-state index in [1.807, 2.05) is 0 Å². The van der Waals surface area contributed by atoms with Gasteiger partial charge in [-0.1, -0.05) is 13.8 Å². The van der Waals surface area contributed by atoms with Crippen LogP contribution >= 0.6 is 15.9 Å². The Labute approximate surface area is 132 Å². The minimum atomic E-state index is -0.504. The van der Waals surface area contributed by atoms with E-state index in [0.717, 1.165) is 11.1 Å². The molecule has 1 N–H and O–H groups in total. The van der Waals surface area contributed by atoms with Crippen LogP contribution in [0.25, 0.3) is 0 Å². The lowest BCUT2D eigenvalue weighted by molar-refractivity contribution is -0.141. The number of hydrogen-bond acceptors (Lipinski definition) is 5. The molecule has 0 saturated heterocycles. The molecule has 0 bridgehead atoms. The molecule has 0 spiro atoms. The van der Waals surface area contributed by atoms with E-state index in [1.165, 1.54) is 13.5 Å². The lowest BCUT2D eigenvalue weighted by Crippen LogP contribution is -2.30. The van der Waals surface area contributed by atoms with Gasteiger partial charge in [0.2, 0.25) is 0 Å². The van der Waals surface area contributed by atoms with Crippen LogP contribution in [0.3, 0.4) is 0 Å². The molecule has 0 aromatic carbocycles. The Hall–Kier alpha value is -1.37. The Bertz CT molecular complexity index is 587. The average molecular weight is 358 g/mol. The summed E-state index contributed by atoms with van der Waals surface area (Å²) in [6.45, 7) is 4.27. The van der Waals surface area contributed by atoms with Gasteiger partial charge in [0.05, 0.1) is 19.0 Å². The van der Waals surface area contributed by atoms with Gasteiger partial charge in [-0.3, -0.25) is 9.59 Å². The van der Waals surface area contributed by atoms with Crippen molar-refractivity contribution in [3.05, 3.63) is 21.0 Å². The molecular weight excluding hydrogens is 338 g/mol. The smallest absolute Gasteiger partial charge is 0.327 e.